The topological polar surface area (TPSA) is 58.2 Å². The molecule has 0 heterocycles. The highest BCUT2D eigenvalue weighted by Crippen LogP contribution is 2.21. The molecule has 2 N–H and O–H groups in total. The third-order valence-corrected chi connectivity index (χ3v) is 2.33. The summed E-state index contributed by atoms with van der Waals surface area (Å²) in [5.41, 5.74) is 0.510. The zero-order valence-corrected chi connectivity index (χ0v) is 10.4. The normalized spacial score (nSPS) is 11.3. The number of urea groups is 1. The standard InChI is InChI=1S/C12H12F4N2O2/c1-7(19)8-3-2-4-9(5-8)18-11(20)17-6-12(15,16)10(13)14/h2-5,10H,6H2,1H3,(H2,17,18,20). The van der Waals surface area contributed by atoms with Crippen molar-refractivity contribution in [1.82, 2.24) is 5.32 Å². The molecule has 2 amide bonds. The average Bonchev–Trinajstić information content (AvgIpc) is 2.36. The van der Waals surface area contributed by atoms with Crippen molar-refractivity contribution in [3.8, 4) is 0 Å². The maximum atomic E-state index is 12.6. The number of anilines is 1. The Morgan fingerprint density at radius 1 is 1.30 bits per heavy atom. The molecular weight excluding hydrogens is 280 g/mol. The molecule has 0 radical (unpaired) electrons. The van der Waals surface area contributed by atoms with Gasteiger partial charge in [0.25, 0.3) is 0 Å². The van der Waals surface area contributed by atoms with Crippen molar-refractivity contribution in [1.29, 1.82) is 0 Å². The molecule has 0 atom stereocenters. The second-order valence-corrected chi connectivity index (χ2v) is 4.01. The third kappa shape index (κ3) is 4.52. The van der Waals surface area contributed by atoms with Crippen LogP contribution in [0.15, 0.2) is 24.3 Å². The molecule has 0 fully saturated rings. The smallest absolute Gasteiger partial charge is 0.324 e. The van der Waals surface area contributed by atoms with Crippen LogP contribution in [0.2, 0.25) is 0 Å². The fourth-order valence-electron chi connectivity index (χ4n) is 1.27. The van der Waals surface area contributed by atoms with Gasteiger partial charge in [0.05, 0.1) is 6.54 Å². The molecule has 0 spiro atoms. The van der Waals surface area contributed by atoms with Gasteiger partial charge in [-0.05, 0) is 19.1 Å². The molecule has 0 aliphatic heterocycles. The van der Waals surface area contributed by atoms with E-state index in [4.69, 9.17) is 0 Å². The molecule has 0 unspecified atom stereocenters. The van der Waals surface area contributed by atoms with Gasteiger partial charge in [-0.1, -0.05) is 12.1 Å². The van der Waals surface area contributed by atoms with Crippen molar-refractivity contribution in [2.75, 3.05) is 11.9 Å². The molecule has 4 nitrogen and oxygen atoms in total. The highest BCUT2D eigenvalue weighted by atomic mass is 19.3. The molecule has 8 heteroatoms. The summed E-state index contributed by atoms with van der Waals surface area (Å²) in [6.07, 6.45) is -3.86. The lowest BCUT2D eigenvalue weighted by Crippen LogP contribution is -2.42. The van der Waals surface area contributed by atoms with Crippen LogP contribution in [0.3, 0.4) is 0 Å². The monoisotopic (exact) mass is 292 g/mol. The molecule has 1 rings (SSSR count). The van der Waals surface area contributed by atoms with Gasteiger partial charge in [-0.2, -0.15) is 8.78 Å². The Labute approximate surface area is 112 Å². The number of rotatable bonds is 5. The van der Waals surface area contributed by atoms with Gasteiger partial charge in [0, 0.05) is 11.3 Å². The van der Waals surface area contributed by atoms with E-state index in [-0.39, 0.29) is 11.5 Å². The first-order chi connectivity index (χ1) is 9.22. The molecular formula is C12H12F4N2O2. The van der Waals surface area contributed by atoms with Gasteiger partial charge in [0.2, 0.25) is 0 Å². The number of ketones is 1. The minimum absolute atomic E-state index is 0.190. The number of hydrogen-bond donors (Lipinski definition) is 2. The molecule has 0 aromatic heterocycles. The number of halogens is 4. The van der Waals surface area contributed by atoms with Crippen molar-refractivity contribution in [2.24, 2.45) is 0 Å². The molecule has 1 aromatic rings. The van der Waals surface area contributed by atoms with Crippen molar-refractivity contribution in [3.63, 3.8) is 0 Å². The Bertz CT molecular complexity index is 506. The number of nitrogens with one attached hydrogen (secondary N) is 2. The van der Waals surface area contributed by atoms with Gasteiger partial charge in [-0.15, -0.1) is 0 Å². The maximum absolute atomic E-state index is 12.6. The van der Waals surface area contributed by atoms with Gasteiger partial charge < -0.3 is 10.6 Å². The van der Waals surface area contributed by atoms with Crippen LogP contribution < -0.4 is 10.6 Å². The largest absolute Gasteiger partial charge is 0.332 e. The van der Waals surface area contributed by atoms with Crippen LogP contribution in [0.1, 0.15) is 17.3 Å². The number of benzene rings is 1. The van der Waals surface area contributed by atoms with E-state index in [0.29, 0.717) is 5.56 Å². The van der Waals surface area contributed by atoms with Crippen LogP contribution in [-0.2, 0) is 0 Å². The van der Waals surface area contributed by atoms with E-state index in [1.54, 1.807) is 5.32 Å². The zero-order chi connectivity index (χ0) is 15.3. The van der Waals surface area contributed by atoms with Crippen LogP contribution in [-0.4, -0.2) is 30.7 Å². The minimum atomic E-state index is -4.29. The molecule has 0 saturated heterocycles. The lowest BCUT2D eigenvalue weighted by atomic mass is 10.1. The number of hydrogen-bond acceptors (Lipinski definition) is 2. The molecule has 1 aromatic carbocycles. The quantitative estimate of drug-likeness (QED) is 0.647. The summed E-state index contributed by atoms with van der Waals surface area (Å²) in [5.74, 6) is -4.53. The Morgan fingerprint density at radius 3 is 2.50 bits per heavy atom. The fraction of sp³-hybridized carbons (Fsp3) is 0.333. The zero-order valence-electron chi connectivity index (χ0n) is 10.4. The summed E-state index contributed by atoms with van der Waals surface area (Å²) >= 11 is 0. The summed E-state index contributed by atoms with van der Waals surface area (Å²) in [5, 5.41) is 3.80. The lowest BCUT2D eigenvalue weighted by molar-refractivity contribution is -0.123. The average molecular weight is 292 g/mol. The second kappa shape index (κ2) is 6.36. The van der Waals surface area contributed by atoms with Gasteiger partial charge in [0.15, 0.2) is 5.78 Å². The molecule has 0 aliphatic carbocycles. The van der Waals surface area contributed by atoms with E-state index in [0.717, 1.165) is 0 Å². The van der Waals surface area contributed by atoms with E-state index < -0.39 is 24.9 Å². The van der Waals surface area contributed by atoms with Crippen LogP contribution in [0, 0.1) is 0 Å². The number of alkyl halides is 4. The number of carbonyl (C=O) groups is 2. The molecule has 110 valence electrons. The van der Waals surface area contributed by atoms with Gasteiger partial charge >= 0.3 is 18.4 Å². The molecule has 0 bridgehead atoms. The highest BCUT2D eigenvalue weighted by Gasteiger charge is 2.40. The van der Waals surface area contributed by atoms with Crippen LogP contribution in [0.4, 0.5) is 28.0 Å². The summed E-state index contributed by atoms with van der Waals surface area (Å²) < 4.78 is 48.9. The van der Waals surface area contributed by atoms with E-state index in [9.17, 15) is 27.2 Å². The highest BCUT2D eigenvalue weighted by molar-refractivity contribution is 5.96. The number of Topliss-reactive ketones (excluding diaryl/α,β-unsaturated/α-hetero) is 1. The van der Waals surface area contributed by atoms with Crippen LogP contribution >= 0.6 is 0 Å². The van der Waals surface area contributed by atoms with Crippen LogP contribution in [0.25, 0.3) is 0 Å². The Morgan fingerprint density at radius 2 is 1.95 bits per heavy atom. The predicted molar refractivity (Wildman–Crippen MR) is 64.4 cm³/mol. The Hall–Kier alpha value is -2.12. The van der Waals surface area contributed by atoms with Gasteiger partial charge in [-0.3, -0.25) is 4.79 Å². The summed E-state index contributed by atoms with van der Waals surface area (Å²) in [7, 11) is 0. The van der Waals surface area contributed by atoms with E-state index >= 15 is 0 Å². The van der Waals surface area contributed by atoms with E-state index in [1.165, 1.54) is 31.2 Å². The Kier molecular flexibility index (Phi) is 5.06. The van der Waals surface area contributed by atoms with Crippen molar-refractivity contribution < 1.29 is 27.2 Å². The third-order valence-electron chi connectivity index (χ3n) is 2.33. The van der Waals surface area contributed by atoms with Gasteiger partial charge in [0.1, 0.15) is 0 Å². The number of carbonyl (C=O) groups excluding carboxylic acids is 2. The second-order valence-electron chi connectivity index (χ2n) is 4.01. The van der Waals surface area contributed by atoms with Gasteiger partial charge in [-0.25, -0.2) is 13.6 Å². The molecule has 20 heavy (non-hydrogen) atoms. The van der Waals surface area contributed by atoms with E-state index in [2.05, 4.69) is 5.32 Å². The van der Waals surface area contributed by atoms with Crippen molar-refractivity contribution in [2.45, 2.75) is 19.3 Å². The minimum Gasteiger partial charge on any atom is -0.332 e. The summed E-state index contributed by atoms with van der Waals surface area (Å²) in [4.78, 5) is 22.4. The predicted octanol–water partition coefficient (Wildman–Crippen LogP) is 2.91. The van der Waals surface area contributed by atoms with Crippen molar-refractivity contribution >= 4 is 17.5 Å². The van der Waals surface area contributed by atoms with Crippen LogP contribution in [0.5, 0.6) is 0 Å². The summed E-state index contributed by atoms with van der Waals surface area (Å²) in [6.45, 7) is -0.161. The van der Waals surface area contributed by atoms with E-state index in [1.807, 2.05) is 0 Å². The SMILES string of the molecule is CC(=O)c1cccc(NC(=O)NCC(F)(F)C(F)F)c1. The fourth-order valence-corrected chi connectivity index (χ4v) is 1.27. The first-order valence-electron chi connectivity index (χ1n) is 5.54. The number of amides is 2. The first-order valence-corrected chi connectivity index (χ1v) is 5.54. The molecule has 0 saturated carbocycles. The maximum Gasteiger partial charge on any atom is 0.324 e. The summed E-state index contributed by atoms with van der Waals surface area (Å²) in [6, 6.07) is 4.70. The molecule has 0 aliphatic rings. The van der Waals surface area contributed by atoms with Crippen molar-refractivity contribution in [3.05, 3.63) is 29.8 Å². The first kappa shape index (κ1) is 15.9. The Balaban J connectivity index is 2.59. The lowest BCUT2D eigenvalue weighted by Gasteiger charge is -2.16.